The van der Waals surface area contributed by atoms with Crippen LogP contribution >= 0.6 is 11.6 Å². The van der Waals surface area contributed by atoms with Crippen molar-refractivity contribution in [1.29, 1.82) is 0 Å². The van der Waals surface area contributed by atoms with Crippen molar-refractivity contribution in [1.82, 2.24) is 5.32 Å². The summed E-state index contributed by atoms with van der Waals surface area (Å²) >= 11 is 6.12. The summed E-state index contributed by atoms with van der Waals surface area (Å²) in [4.78, 5) is 11.8. The highest BCUT2D eigenvalue weighted by molar-refractivity contribution is 6.33. The Bertz CT molecular complexity index is 701. The molecule has 114 valence electrons. The van der Waals surface area contributed by atoms with Gasteiger partial charge < -0.3 is 10.6 Å². The summed E-state index contributed by atoms with van der Waals surface area (Å²) in [6.45, 7) is 0.195. The molecule has 0 aromatic heterocycles. The van der Waals surface area contributed by atoms with E-state index in [9.17, 15) is 9.18 Å². The van der Waals surface area contributed by atoms with Crippen molar-refractivity contribution in [3.63, 3.8) is 0 Å². The lowest BCUT2D eigenvalue weighted by Crippen LogP contribution is -2.29. The quantitative estimate of drug-likeness (QED) is 0.879. The fourth-order valence-corrected chi connectivity index (χ4v) is 2.47. The Labute approximate surface area is 133 Å². The van der Waals surface area contributed by atoms with E-state index in [0.29, 0.717) is 22.2 Å². The van der Waals surface area contributed by atoms with E-state index in [1.165, 1.54) is 0 Å². The lowest BCUT2D eigenvalue weighted by atomic mass is 10.0. The topological polar surface area (TPSA) is 41.1 Å². The fourth-order valence-electron chi connectivity index (χ4n) is 2.24. The summed E-state index contributed by atoms with van der Waals surface area (Å²) in [6.07, 6.45) is 2.20. The molecule has 0 unspecified atom stereocenters. The molecule has 22 heavy (non-hydrogen) atoms. The third-order valence-electron chi connectivity index (χ3n) is 3.57. The molecule has 1 saturated carbocycles. The molecule has 3 nitrogen and oxygen atoms in total. The fraction of sp³-hybridized carbons (Fsp3) is 0.235. The zero-order valence-electron chi connectivity index (χ0n) is 11.9. The van der Waals surface area contributed by atoms with Crippen LogP contribution in [0, 0.1) is 5.82 Å². The average Bonchev–Trinajstić information content (AvgIpc) is 3.33. The van der Waals surface area contributed by atoms with Gasteiger partial charge in [-0.2, -0.15) is 0 Å². The molecule has 0 bridgehead atoms. The van der Waals surface area contributed by atoms with E-state index >= 15 is 0 Å². The Kier molecular flexibility index (Phi) is 4.41. The zero-order chi connectivity index (χ0) is 15.5. The van der Waals surface area contributed by atoms with E-state index in [2.05, 4.69) is 10.6 Å². The molecule has 2 N–H and O–H groups in total. The van der Waals surface area contributed by atoms with Gasteiger partial charge in [-0.05, 0) is 25.0 Å². The van der Waals surface area contributed by atoms with Crippen molar-refractivity contribution in [2.24, 2.45) is 0 Å². The number of rotatable bonds is 5. The molecule has 2 aromatic rings. The highest BCUT2D eigenvalue weighted by Gasteiger charge is 2.21. The summed E-state index contributed by atoms with van der Waals surface area (Å²) in [6, 6.07) is 12.4. The van der Waals surface area contributed by atoms with Gasteiger partial charge in [0.05, 0.1) is 12.2 Å². The van der Waals surface area contributed by atoms with E-state index in [4.69, 9.17) is 11.6 Å². The first-order chi connectivity index (χ1) is 10.6. The molecule has 0 heterocycles. The minimum absolute atomic E-state index is 0.167. The number of amides is 1. The number of hydrogen-bond donors (Lipinski definition) is 2. The van der Waals surface area contributed by atoms with Gasteiger partial charge in [-0.3, -0.25) is 4.79 Å². The molecular weight excluding hydrogens is 303 g/mol. The van der Waals surface area contributed by atoms with Crippen molar-refractivity contribution < 1.29 is 9.18 Å². The Morgan fingerprint density at radius 3 is 2.59 bits per heavy atom. The number of carbonyl (C=O) groups is 1. The molecule has 0 saturated heterocycles. The van der Waals surface area contributed by atoms with Crippen LogP contribution in [0.1, 0.15) is 12.8 Å². The molecule has 0 aliphatic heterocycles. The third kappa shape index (κ3) is 3.46. The second kappa shape index (κ2) is 6.46. The van der Waals surface area contributed by atoms with Crippen LogP contribution in [-0.4, -0.2) is 18.5 Å². The van der Waals surface area contributed by atoms with E-state index in [1.807, 2.05) is 0 Å². The first-order valence-electron chi connectivity index (χ1n) is 7.22. The van der Waals surface area contributed by atoms with Gasteiger partial charge >= 0.3 is 0 Å². The van der Waals surface area contributed by atoms with Gasteiger partial charge in [0, 0.05) is 22.2 Å². The summed E-state index contributed by atoms with van der Waals surface area (Å²) in [5, 5.41) is 6.17. The summed E-state index contributed by atoms with van der Waals surface area (Å²) < 4.78 is 14.6. The summed E-state index contributed by atoms with van der Waals surface area (Å²) in [5.41, 5.74) is 1.15. The Hall–Kier alpha value is -1.91. The summed E-state index contributed by atoms with van der Waals surface area (Å²) in [7, 11) is 0. The third-order valence-corrected chi connectivity index (χ3v) is 3.90. The van der Waals surface area contributed by atoms with Crippen LogP contribution in [0.15, 0.2) is 42.5 Å². The van der Waals surface area contributed by atoms with Crippen LogP contribution < -0.4 is 10.6 Å². The number of nitrogens with one attached hydrogen (secondary N) is 2. The smallest absolute Gasteiger partial charge is 0.238 e. The summed E-state index contributed by atoms with van der Waals surface area (Å²) in [5.74, 6) is -0.725. The lowest BCUT2D eigenvalue weighted by molar-refractivity contribution is -0.115. The van der Waals surface area contributed by atoms with Crippen LogP contribution in [0.2, 0.25) is 5.02 Å². The van der Waals surface area contributed by atoms with Crippen molar-refractivity contribution in [2.45, 2.75) is 18.9 Å². The van der Waals surface area contributed by atoms with Crippen LogP contribution in [0.3, 0.4) is 0 Å². The maximum absolute atomic E-state index is 14.6. The van der Waals surface area contributed by atoms with Crippen LogP contribution in [0.25, 0.3) is 11.1 Å². The lowest BCUT2D eigenvalue weighted by Gasteiger charge is -2.11. The second-order valence-corrected chi connectivity index (χ2v) is 5.76. The number of halogens is 2. The monoisotopic (exact) mass is 318 g/mol. The van der Waals surface area contributed by atoms with Gasteiger partial charge in [-0.15, -0.1) is 0 Å². The van der Waals surface area contributed by atoms with E-state index in [0.717, 1.165) is 12.8 Å². The number of anilines is 1. The molecule has 2 aromatic carbocycles. The standard InChI is InChI=1S/C17H16ClFN2O/c18-14-6-2-1-4-12(14)13-5-3-7-15(17(13)19)21-16(22)10-20-11-8-9-11/h1-7,11,20H,8-10H2,(H,21,22). The zero-order valence-corrected chi connectivity index (χ0v) is 12.7. The van der Waals surface area contributed by atoms with Crippen LogP contribution in [0.5, 0.6) is 0 Å². The molecule has 0 spiro atoms. The Morgan fingerprint density at radius 1 is 1.14 bits per heavy atom. The second-order valence-electron chi connectivity index (χ2n) is 5.35. The molecule has 1 aliphatic carbocycles. The molecule has 0 radical (unpaired) electrons. The first-order valence-corrected chi connectivity index (χ1v) is 7.59. The van der Waals surface area contributed by atoms with Gasteiger partial charge in [0.2, 0.25) is 5.91 Å². The highest BCUT2D eigenvalue weighted by atomic mass is 35.5. The van der Waals surface area contributed by atoms with E-state index in [1.54, 1.807) is 42.5 Å². The maximum atomic E-state index is 14.6. The molecule has 1 aliphatic rings. The van der Waals surface area contributed by atoms with Gasteiger partial charge in [-0.1, -0.05) is 41.9 Å². The molecule has 3 rings (SSSR count). The highest BCUT2D eigenvalue weighted by Crippen LogP contribution is 2.32. The normalized spacial score (nSPS) is 13.9. The van der Waals surface area contributed by atoms with Gasteiger partial charge in [0.15, 0.2) is 5.82 Å². The Morgan fingerprint density at radius 2 is 1.86 bits per heavy atom. The van der Waals surface area contributed by atoms with Crippen LogP contribution in [0.4, 0.5) is 10.1 Å². The van der Waals surface area contributed by atoms with Gasteiger partial charge in [0.25, 0.3) is 0 Å². The first kappa shape index (κ1) is 15.0. The number of benzene rings is 2. The predicted molar refractivity (Wildman–Crippen MR) is 86.5 cm³/mol. The van der Waals surface area contributed by atoms with Crippen LogP contribution in [-0.2, 0) is 4.79 Å². The number of hydrogen-bond acceptors (Lipinski definition) is 2. The minimum Gasteiger partial charge on any atom is -0.322 e. The SMILES string of the molecule is O=C(CNC1CC1)Nc1cccc(-c2ccccc2Cl)c1F. The number of carbonyl (C=O) groups excluding carboxylic acids is 1. The van der Waals surface area contributed by atoms with Crippen molar-refractivity contribution in [2.75, 3.05) is 11.9 Å². The maximum Gasteiger partial charge on any atom is 0.238 e. The van der Waals surface area contributed by atoms with Crippen molar-refractivity contribution in [3.05, 3.63) is 53.3 Å². The van der Waals surface area contributed by atoms with Gasteiger partial charge in [0.1, 0.15) is 0 Å². The molecule has 0 atom stereocenters. The van der Waals surface area contributed by atoms with E-state index in [-0.39, 0.29) is 18.1 Å². The predicted octanol–water partition coefficient (Wildman–Crippen LogP) is 3.84. The van der Waals surface area contributed by atoms with Crippen molar-refractivity contribution >= 4 is 23.2 Å². The minimum atomic E-state index is -0.477. The molecule has 1 amide bonds. The Balaban J connectivity index is 1.79. The largest absolute Gasteiger partial charge is 0.322 e. The van der Waals surface area contributed by atoms with Gasteiger partial charge in [-0.25, -0.2) is 4.39 Å². The molecule has 1 fully saturated rings. The molecular formula is C17H16ClFN2O. The molecule has 5 heteroatoms. The average molecular weight is 319 g/mol. The van der Waals surface area contributed by atoms with E-state index < -0.39 is 5.82 Å². The van der Waals surface area contributed by atoms with Crippen molar-refractivity contribution in [3.8, 4) is 11.1 Å².